The van der Waals surface area contributed by atoms with Gasteiger partial charge in [0.25, 0.3) is 0 Å². The van der Waals surface area contributed by atoms with Crippen LogP contribution in [0.1, 0.15) is 33.2 Å². The largest absolute Gasteiger partial charge is 0.478 e. The summed E-state index contributed by atoms with van der Waals surface area (Å²) in [7, 11) is -3.88. The molecule has 0 saturated heterocycles. The molecule has 7 nitrogen and oxygen atoms in total. The Kier molecular flexibility index (Phi) is 8.91. The summed E-state index contributed by atoms with van der Waals surface area (Å²) in [6.45, 7) is 1.68. The lowest BCUT2D eigenvalue weighted by Gasteiger charge is -2.25. The number of hydrogen-bond acceptors (Lipinski definition) is 6. The van der Waals surface area contributed by atoms with Gasteiger partial charge in [-0.25, -0.2) is 18.2 Å². The number of pyridine rings is 1. The van der Waals surface area contributed by atoms with Crippen molar-refractivity contribution in [1.82, 2.24) is 9.88 Å². The number of halogens is 1. The van der Waals surface area contributed by atoms with Gasteiger partial charge >= 0.3 is 5.97 Å². The number of rotatable bonds is 11. The van der Waals surface area contributed by atoms with Gasteiger partial charge in [-0.1, -0.05) is 66.2 Å². The Hall–Kier alpha value is -3.56. The average molecular weight is 551 g/mol. The molecule has 2 N–H and O–H groups in total. The van der Waals surface area contributed by atoms with Crippen molar-refractivity contribution in [2.24, 2.45) is 0 Å². The Balaban J connectivity index is 1.46. The van der Waals surface area contributed by atoms with E-state index in [1.54, 1.807) is 24.3 Å². The number of carbonyl (C=O) groups is 1. The maximum atomic E-state index is 12.9. The van der Waals surface area contributed by atoms with Gasteiger partial charge in [0.2, 0.25) is 9.84 Å². The van der Waals surface area contributed by atoms with Crippen LogP contribution in [0.15, 0.2) is 107 Å². The molecule has 1 heterocycles. The number of benzene rings is 3. The maximum Gasteiger partial charge on any atom is 0.337 e. The quantitative estimate of drug-likeness (QED) is 0.269. The second kappa shape index (κ2) is 12.3. The number of aromatic nitrogens is 1. The van der Waals surface area contributed by atoms with E-state index in [0.29, 0.717) is 31.1 Å². The van der Waals surface area contributed by atoms with Crippen molar-refractivity contribution < 1.29 is 23.4 Å². The van der Waals surface area contributed by atoms with Crippen LogP contribution in [-0.4, -0.2) is 47.6 Å². The molecule has 0 amide bonds. The lowest BCUT2D eigenvalue weighted by molar-refractivity contribution is 0.0696. The Morgan fingerprint density at radius 1 is 0.921 bits per heavy atom. The van der Waals surface area contributed by atoms with Crippen molar-refractivity contribution in [3.63, 3.8) is 0 Å². The lowest BCUT2D eigenvalue weighted by Crippen LogP contribution is -2.30. The average Bonchev–Trinajstić information content (AvgIpc) is 2.92. The van der Waals surface area contributed by atoms with E-state index in [-0.39, 0.29) is 15.5 Å². The SMILES string of the molecule is O=C(O)c1ccc(S(=O)(=O)c2ccc(CCN(Cc3ccccc3)CC(O)c3cccc(Cl)c3)cc2)nc1. The molecular weight excluding hydrogens is 524 g/mol. The zero-order valence-corrected chi connectivity index (χ0v) is 22.0. The number of aromatic carboxylic acids is 1. The molecule has 1 aromatic heterocycles. The Bertz CT molecular complexity index is 1480. The van der Waals surface area contributed by atoms with Crippen LogP contribution in [0.4, 0.5) is 0 Å². The maximum absolute atomic E-state index is 12.9. The lowest BCUT2D eigenvalue weighted by atomic mass is 10.1. The Labute approximate surface area is 226 Å². The second-order valence-corrected chi connectivity index (χ2v) is 11.2. The standard InChI is InChI=1S/C29H27ClN2O5S/c30-25-8-4-7-23(17-25)27(33)20-32(19-22-5-2-1-3-6-22)16-15-21-9-12-26(13-10-21)38(36,37)28-14-11-24(18-31-28)29(34)35/h1-14,17-18,27,33H,15-16,19-20H2,(H,34,35). The molecule has 0 radical (unpaired) electrons. The van der Waals surface area contributed by atoms with Gasteiger partial charge in [-0.3, -0.25) is 4.90 Å². The highest BCUT2D eigenvalue weighted by molar-refractivity contribution is 7.91. The van der Waals surface area contributed by atoms with Crippen LogP contribution in [0, 0.1) is 0 Å². The first kappa shape index (κ1) is 27.5. The van der Waals surface area contributed by atoms with Gasteiger partial charge in [0.1, 0.15) is 0 Å². The van der Waals surface area contributed by atoms with Crippen molar-refractivity contribution in [3.05, 3.63) is 124 Å². The van der Waals surface area contributed by atoms with Gasteiger partial charge in [-0.2, -0.15) is 0 Å². The molecule has 4 rings (SSSR count). The summed E-state index contributed by atoms with van der Waals surface area (Å²) >= 11 is 6.10. The fourth-order valence-electron chi connectivity index (χ4n) is 4.05. The number of carboxylic acids is 1. The molecular formula is C29H27ClN2O5S. The van der Waals surface area contributed by atoms with Crippen molar-refractivity contribution in [2.75, 3.05) is 13.1 Å². The van der Waals surface area contributed by atoms with Gasteiger partial charge in [-0.15, -0.1) is 0 Å². The molecule has 0 aliphatic carbocycles. The van der Waals surface area contributed by atoms with Crippen molar-refractivity contribution in [3.8, 4) is 0 Å². The number of nitrogens with zero attached hydrogens (tertiary/aromatic N) is 2. The summed E-state index contributed by atoms with van der Waals surface area (Å²) in [4.78, 5) is 17.1. The molecule has 196 valence electrons. The van der Waals surface area contributed by atoms with Crippen LogP contribution in [0.5, 0.6) is 0 Å². The summed E-state index contributed by atoms with van der Waals surface area (Å²) < 4.78 is 25.8. The van der Waals surface area contributed by atoms with Crippen LogP contribution in [0.2, 0.25) is 5.02 Å². The molecule has 1 atom stereocenters. The van der Waals surface area contributed by atoms with E-state index in [4.69, 9.17) is 16.7 Å². The number of aliphatic hydroxyl groups excluding tert-OH is 1. The van der Waals surface area contributed by atoms with E-state index >= 15 is 0 Å². The molecule has 38 heavy (non-hydrogen) atoms. The number of carboxylic acid groups (broad SMARTS) is 1. The molecule has 3 aromatic carbocycles. The van der Waals surface area contributed by atoms with E-state index in [1.165, 1.54) is 24.3 Å². The zero-order chi connectivity index (χ0) is 27.1. The molecule has 0 fully saturated rings. The Morgan fingerprint density at radius 3 is 2.29 bits per heavy atom. The minimum atomic E-state index is -3.88. The van der Waals surface area contributed by atoms with E-state index in [2.05, 4.69) is 9.88 Å². The minimum absolute atomic E-state index is 0.0781. The summed E-state index contributed by atoms with van der Waals surface area (Å²) in [5, 5.41) is 20.2. The molecule has 0 aliphatic heterocycles. The summed E-state index contributed by atoms with van der Waals surface area (Å²) in [6.07, 6.45) is 0.953. The summed E-state index contributed by atoms with van der Waals surface area (Å²) in [6, 6.07) is 26.2. The monoisotopic (exact) mass is 550 g/mol. The van der Waals surface area contributed by atoms with Gasteiger partial charge < -0.3 is 10.2 Å². The van der Waals surface area contributed by atoms with Crippen LogP contribution in [-0.2, 0) is 22.8 Å². The van der Waals surface area contributed by atoms with Crippen molar-refractivity contribution >= 4 is 27.4 Å². The van der Waals surface area contributed by atoms with E-state index in [1.807, 2.05) is 42.5 Å². The van der Waals surface area contributed by atoms with Crippen LogP contribution in [0.25, 0.3) is 0 Å². The first-order valence-corrected chi connectivity index (χ1v) is 13.8. The highest BCUT2D eigenvalue weighted by Gasteiger charge is 2.20. The molecule has 0 saturated carbocycles. The highest BCUT2D eigenvalue weighted by atomic mass is 35.5. The van der Waals surface area contributed by atoms with E-state index in [9.17, 15) is 18.3 Å². The van der Waals surface area contributed by atoms with Crippen LogP contribution in [0.3, 0.4) is 0 Å². The molecule has 0 bridgehead atoms. The molecule has 9 heteroatoms. The fourth-order valence-corrected chi connectivity index (χ4v) is 5.42. The third-order valence-electron chi connectivity index (χ3n) is 6.12. The second-order valence-electron chi connectivity index (χ2n) is 8.88. The van der Waals surface area contributed by atoms with Gasteiger partial charge in [0.05, 0.1) is 16.6 Å². The number of sulfone groups is 1. The van der Waals surface area contributed by atoms with E-state index in [0.717, 1.165) is 22.9 Å². The van der Waals surface area contributed by atoms with Crippen molar-refractivity contribution in [2.45, 2.75) is 29.0 Å². The predicted octanol–water partition coefficient (Wildman–Crippen LogP) is 5.04. The van der Waals surface area contributed by atoms with E-state index < -0.39 is 21.9 Å². The van der Waals surface area contributed by atoms with Gasteiger partial charge in [-0.05, 0) is 59.5 Å². The minimum Gasteiger partial charge on any atom is -0.478 e. The molecule has 4 aromatic rings. The predicted molar refractivity (Wildman–Crippen MR) is 145 cm³/mol. The topological polar surface area (TPSA) is 108 Å². The summed E-state index contributed by atoms with van der Waals surface area (Å²) in [5.41, 5.74) is 2.72. The molecule has 0 aliphatic rings. The van der Waals surface area contributed by atoms with Crippen LogP contribution < -0.4 is 0 Å². The summed E-state index contributed by atoms with van der Waals surface area (Å²) in [5.74, 6) is -1.17. The first-order chi connectivity index (χ1) is 18.2. The fraction of sp³-hybridized carbons (Fsp3) is 0.172. The smallest absolute Gasteiger partial charge is 0.337 e. The third-order valence-corrected chi connectivity index (χ3v) is 8.04. The van der Waals surface area contributed by atoms with Gasteiger partial charge in [0.15, 0.2) is 5.03 Å². The van der Waals surface area contributed by atoms with Crippen molar-refractivity contribution in [1.29, 1.82) is 0 Å². The third kappa shape index (κ3) is 7.05. The number of hydrogen-bond donors (Lipinski definition) is 2. The molecule has 0 spiro atoms. The Morgan fingerprint density at radius 2 is 1.66 bits per heavy atom. The number of aliphatic hydroxyl groups is 1. The highest BCUT2D eigenvalue weighted by Crippen LogP contribution is 2.22. The first-order valence-electron chi connectivity index (χ1n) is 12.0. The van der Waals surface area contributed by atoms with Gasteiger partial charge in [0, 0.05) is 30.9 Å². The zero-order valence-electron chi connectivity index (χ0n) is 20.4. The molecule has 1 unspecified atom stereocenters. The van der Waals surface area contributed by atoms with Crippen LogP contribution >= 0.6 is 11.6 Å². The normalized spacial score (nSPS) is 12.4.